The lowest BCUT2D eigenvalue weighted by Crippen LogP contribution is -2.33. The molecule has 0 aliphatic carbocycles. The Bertz CT molecular complexity index is 732. The van der Waals surface area contributed by atoms with Crippen LogP contribution >= 0.6 is 0 Å². The quantitative estimate of drug-likeness (QED) is 0.665. The van der Waals surface area contributed by atoms with Crippen LogP contribution in [0, 0.1) is 13.8 Å². The number of carbonyl (C=O) groups excluding carboxylic acids is 2. The third-order valence-corrected chi connectivity index (χ3v) is 4.22. The fourth-order valence-corrected chi connectivity index (χ4v) is 2.57. The number of benzene rings is 2. The first-order chi connectivity index (χ1) is 12.4. The molecule has 0 amide bonds. The first-order valence-electron chi connectivity index (χ1n) is 8.96. The second-order valence-electron chi connectivity index (χ2n) is 6.57. The van der Waals surface area contributed by atoms with E-state index in [1.54, 1.807) is 31.2 Å². The molecule has 0 radical (unpaired) electrons. The van der Waals surface area contributed by atoms with Crippen LogP contribution in [0.15, 0.2) is 48.5 Å². The van der Waals surface area contributed by atoms with E-state index >= 15 is 0 Å². The van der Waals surface area contributed by atoms with Crippen LogP contribution in [0.5, 0.6) is 0 Å². The van der Waals surface area contributed by atoms with Crippen molar-refractivity contribution in [1.82, 2.24) is 0 Å². The highest BCUT2D eigenvalue weighted by molar-refractivity contribution is 5.90. The zero-order chi connectivity index (χ0) is 19.1. The summed E-state index contributed by atoms with van der Waals surface area (Å²) in [6.07, 6.45) is 0.430. The normalized spacial score (nSPS) is 12.9. The summed E-state index contributed by atoms with van der Waals surface area (Å²) in [4.78, 5) is 24.7. The minimum absolute atomic E-state index is 0.401. The average molecular weight is 354 g/mol. The van der Waals surface area contributed by atoms with Crippen LogP contribution in [0.1, 0.15) is 58.5 Å². The predicted molar refractivity (Wildman–Crippen MR) is 101 cm³/mol. The van der Waals surface area contributed by atoms with E-state index in [0.717, 1.165) is 17.5 Å². The highest BCUT2D eigenvalue weighted by atomic mass is 16.6. The van der Waals surface area contributed by atoms with Crippen LogP contribution < -0.4 is 0 Å². The van der Waals surface area contributed by atoms with Crippen molar-refractivity contribution in [2.24, 2.45) is 0 Å². The van der Waals surface area contributed by atoms with E-state index in [0.29, 0.717) is 17.5 Å². The van der Waals surface area contributed by atoms with Crippen molar-refractivity contribution in [2.75, 3.05) is 0 Å². The van der Waals surface area contributed by atoms with Gasteiger partial charge in [-0.3, -0.25) is 0 Å². The molecule has 138 valence electrons. The molecular weight excluding hydrogens is 328 g/mol. The fourth-order valence-electron chi connectivity index (χ4n) is 2.57. The second kappa shape index (κ2) is 9.18. The van der Waals surface area contributed by atoms with Crippen molar-refractivity contribution in [3.8, 4) is 0 Å². The Labute approximate surface area is 155 Å². The van der Waals surface area contributed by atoms with Crippen molar-refractivity contribution < 1.29 is 19.1 Å². The molecule has 2 aromatic carbocycles. The monoisotopic (exact) mass is 354 g/mol. The van der Waals surface area contributed by atoms with Crippen molar-refractivity contribution >= 4 is 11.9 Å². The summed E-state index contributed by atoms with van der Waals surface area (Å²) in [7, 11) is 0. The largest absolute Gasteiger partial charge is 0.455 e. The van der Waals surface area contributed by atoms with Gasteiger partial charge in [0.15, 0.2) is 0 Å². The lowest BCUT2D eigenvalue weighted by atomic mass is 10.1. The molecule has 0 bridgehead atoms. The Morgan fingerprint density at radius 3 is 1.65 bits per heavy atom. The number of carbonyl (C=O) groups is 2. The van der Waals surface area contributed by atoms with Gasteiger partial charge in [0.25, 0.3) is 0 Å². The molecule has 0 aliphatic heterocycles. The van der Waals surface area contributed by atoms with E-state index in [4.69, 9.17) is 9.47 Å². The molecule has 0 saturated carbocycles. The Hall–Kier alpha value is -2.62. The molecule has 4 nitrogen and oxygen atoms in total. The Balaban J connectivity index is 2.02. The van der Waals surface area contributed by atoms with E-state index in [2.05, 4.69) is 0 Å². The van der Waals surface area contributed by atoms with E-state index in [9.17, 15) is 9.59 Å². The van der Waals surface area contributed by atoms with E-state index in [-0.39, 0.29) is 0 Å². The topological polar surface area (TPSA) is 52.6 Å². The van der Waals surface area contributed by atoms with Crippen LogP contribution in [-0.4, -0.2) is 24.1 Å². The van der Waals surface area contributed by atoms with Gasteiger partial charge in [-0.25, -0.2) is 9.59 Å². The highest BCUT2D eigenvalue weighted by Gasteiger charge is 2.25. The van der Waals surface area contributed by atoms with Crippen molar-refractivity contribution in [1.29, 1.82) is 0 Å². The standard InChI is InChI=1S/C22H26O4/c1-5-6-20(26-22(24)19-13-9-16(3)10-14-19)17(4)25-21(23)18-11-7-15(2)8-12-18/h7-14,17,20H,5-6H2,1-4H3. The molecule has 26 heavy (non-hydrogen) atoms. The molecule has 0 fully saturated rings. The van der Waals surface area contributed by atoms with E-state index in [1.807, 2.05) is 45.0 Å². The number of aryl methyl sites for hydroxylation is 2. The molecule has 2 atom stereocenters. The summed E-state index contributed by atoms with van der Waals surface area (Å²) in [6, 6.07) is 14.4. The first-order valence-corrected chi connectivity index (χ1v) is 8.96. The maximum atomic E-state index is 12.4. The smallest absolute Gasteiger partial charge is 0.338 e. The number of esters is 2. The highest BCUT2D eigenvalue weighted by Crippen LogP contribution is 2.16. The minimum atomic E-state index is -0.529. The summed E-state index contributed by atoms with van der Waals surface area (Å²) in [6.45, 7) is 7.68. The number of hydrogen-bond donors (Lipinski definition) is 0. The van der Waals surface area contributed by atoms with Crippen LogP contribution in [0.25, 0.3) is 0 Å². The lowest BCUT2D eigenvalue weighted by molar-refractivity contribution is -0.0326. The van der Waals surface area contributed by atoms with Crippen LogP contribution in [0.2, 0.25) is 0 Å². The second-order valence-corrected chi connectivity index (χ2v) is 6.57. The maximum Gasteiger partial charge on any atom is 0.338 e. The molecule has 0 aromatic heterocycles. The number of hydrogen-bond acceptors (Lipinski definition) is 4. The van der Waals surface area contributed by atoms with Crippen LogP contribution in [0.4, 0.5) is 0 Å². The van der Waals surface area contributed by atoms with Gasteiger partial charge in [0.05, 0.1) is 11.1 Å². The Kier molecular flexibility index (Phi) is 6.96. The lowest BCUT2D eigenvalue weighted by Gasteiger charge is -2.24. The first kappa shape index (κ1) is 19.7. The van der Waals surface area contributed by atoms with Gasteiger partial charge < -0.3 is 9.47 Å². The SMILES string of the molecule is CCCC(OC(=O)c1ccc(C)cc1)C(C)OC(=O)c1ccc(C)cc1. The molecule has 4 heteroatoms. The van der Waals surface area contributed by atoms with Gasteiger partial charge in [-0.05, 0) is 51.5 Å². The summed E-state index contributed by atoms with van der Waals surface area (Å²) in [5.41, 5.74) is 3.13. The molecular formula is C22H26O4. The van der Waals surface area contributed by atoms with Gasteiger partial charge in [-0.2, -0.15) is 0 Å². The zero-order valence-corrected chi connectivity index (χ0v) is 15.8. The fraction of sp³-hybridized carbons (Fsp3) is 0.364. The molecule has 0 N–H and O–H groups in total. The Morgan fingerprint density at radius 2 is 1.23 bits per heavy atom. The predicted octanol–water partition coefficient (Wildman–Crippen LogP) is 4.87. The van der Waals surface area contributed by atoms with Crippen LogP contribution in [-0.2, 0) is 9.47 Å². The van der Waals surface area contributed by atoms with E-state index < -0.39 is 24.1 Å². The molecule has 2 aromatic rings. The molecule has 0 saturated heterocycles. The summed E-state index contributed by atoms with van der Waals surface area (Å²) in [5.74, 6) is -0.813. The van der Waals surface area contributed by atoms with Crippen molar-refractivity contribution in [2.45, 2.75) is 52.7 Å². The third kappa shape index (κ3) is 5.45. The summed E-state index contributed by atoms with van der Waals surface area (Å²) in [5, 5.41) is 0. The van der Waals surface area contributed by atoms with Gasteiger partial charge in [0.2, 0.25) is 0 Å². The molecule has 2 unspecified atom stereocenters. The van der Waals surface area contributed by atoms with Crippen LogP contribution in [0.3, 0.4) is 0 Å². The maximum absolute atomic E-state index is 12.4. The number of rotatable bonds is 7. The van der Waals surface area contributed by atoms with E-state index in [1.165, 1.54) is 0 Å². The number of ether oxygens (including phenoxy) is 2. The summed E-state index contributed by atoms with van der Waals surface area (Å²) >= 11 is 0. The molecule has 2 rings (SSSR count). The molecule has 0 spiro atoms. The molecule has 0 heterocycles. The molecule has 0 aliphatic rings. The van der Waals surface area contributed by atoms with Gasteiger partial charge in [-0.15, -0.1) is 0 Å². The average Bonchev–Trinajstić information content (AvgIpc) is 2.62. The summed E-state index contributed by atoms with van der Waals surface area (Å²) < 4.78 is 11.1. The van der Waals surface area contributed by atoms with Gasteiger partial charge in [0, 0.05) is 0 Å². The van der Waals surface area contributed by atoms with Gasteiger partial charge in [0.1, 0.15) is 12.2 Å². The Morgan fingerprint density at radius 1 is 0.808 bits per heavy atom. The third-order valence-electron chi connectivity index (χ3n) is 4.22. The van der Waals surface area contributed by atoms with Crippen molar-refractivity contribution in [3.63, 3.8) is 0 Å². The van der Waals surface area contributed by atoms with Crippen molar-refractivity contribution in [3.05, 3.63) is 70.8 Å². The van der Waals surface area contributed by atoms with Gasteiger partial charge >= 0.3 is 11.9 Å². The minimum Gasteiger partial charge on any atom is -0.455 e. The van der Waals surface area contributed by atoms with Gasteiger partial charge in [-0.1, -0.05) is 48.7 Å². The zero-order valence-electron chi connectivity index (χ0n) is 15.8.